The molecule has 2 aromatic carbocycles. The monoisotopic (exact) mass is 563 g/mol. The number of carbonyl (C=O) groups excluding carboxylic acids is 4. The van der Waals surface area contributed by atoms with Crippen LogP contribution in [0, 0.1) is 11.8 Å². The Balaban J connectivity index is 1.73. The van der Waals surface area contributed by atoms with E-state index < -0.39 is 64.0 Å². The number of rotatable bonds is 4. The normalized spacial score (nSPS) is 25.5. The second-order valence-electron chi connectivity index (χ2n) is 10.8. The minimum atomic E-state index is -2.72. The van der Waals surface area contributed by atoms with Gasteiger partial charge in [0.15, 0.2) is 11.4 Å². The highest BCUT2D eigenvalue weighted by atomic mass is 16.5. The van der Waals surface area contributed by atoms with Crippen LogP contribution in [0.25, 0.3) is 16.9 Å². The zero-order valence-corrected chi connectivity index (χ0v) is 22.5. The van der Waals surface area contributed by atoms with Crippen molar-refractivity contribution < 1.29 is 44.3 Å². The van der Waals surface area contributed by atoms with Crippen molar-refractivity contribution in [3.63, 3.8) is 0 Å². The van der Waals surface area contributed by atoms with Gasteiger partial charge in [-0.2, -0.15) is 0 Å². The van der Waals surface area contributed by atoms with Crippen LogP contribution in [0.4, 0.5) is 5.69 Å². The number of esters is 1. The van der Waals surface area contributed by atoms with Gasteiger partial charge in [0.05, 0.1) is 24.3 Å². The minimum Gasteiger partial charge on any atom is -0.508 e. The van der Waals surface area contributed by atoms with Gasteiger partial charge in [0.2, 0.25) is 5.78 Å². The lowest BCUT2D eigenvalue weighted by Gasteiger charge is -2.50. The predicted molar refractivity (Wildman–Crippen MR) is 145 cm³/mol. The topological polar surface area (TPSA) is 214 Å². The summed E-state index contributed by atoms with van der Waals surface area (Å²) in [5.41, 5.74) is 9.36. The van der Waals surface area contributed by atoms with Crippen LogP contribution >= 0.6 is 0 Å². The van der Waals surface area contributed by atoms with Crippen LogP contribution in [0.5, 0.6) is 5.75 Å². The van der Waals surface area contributed by atoms with Crippen LogP contribution in [0.15, 0.2) is 47.2 Å². The van der Waals surface area contributed by atoms with Gasteiger partial charge in [0, 0.05) is 17.2 Å². The molecule has 0 spiro atoms. The first-order chi connectivity index (χ1) is 19.2. The molecule has 0 radical (unpaired) electrons. The number of primary amides is 1. The Morgan fingerprint density at radius 3 is 2.39 bits per heavy atom. The van der Waals surface area contributed by atoms with Crippen LogP contribution in [0.2, 0.25) is 0 Å². The number of nitrogens with two attached hydrogens (primary N) is 2. The zero-order chi connectivity index (χ0) is 30.1. The lowest BCUT2D eigenvalue weighted by molar-refractivity contribution is -0.153. The summed E-state index contributed by atoms with van der Waals surface area (Å²) in [4.78, 5) is 53.0. The molecular formula is C29H29N3O9. The molecule has 0 aromatic heterocycles. The maximum atomic E-state index is 14.0. The number of hydrogen-bond donors (Lipinski definition) is 6. The van der Waals surface area contributed by atoms with Crippen molar-refractivity contribution in [3.05, 3.63) is 63.9 Å². The number of fused-ring (bicyclic) bond motifs is 3. The molecular weight excluding hydrogens is 534 g/mol. The van der Waals surface area contributed by atoms with Crippen molar-refractivity contribution in [2.24, 2.45) is 17.6 Å². The van der Waals surface area contributed by atoms with E-state index in [1.54, 1.807) is 18.2 Å². The third kappa shape index (κ3) is 3.90. The molecule has 5 rings (SSSR count). The molecule has 214 valence electrons. The van der Waals surface area contributed by atoms with E-state index in [0.717, 1.165) is 0 Å². The number of carbonyl (C=O) groups is 4. The number of ether oxygens (including phenoxy) is 1. The molecule has 1 fully saturated rings. The average molecular weight is 564 g/mol. The Kier molecular flexibility index (Phi) is 6.43. The molecule has 1 unspecified atom stereocenters. The molecule has 41 heavy (non-hydrogen) atoms. The molecule has 0 bridgehead atoms. The molecule has 3 aliphatic rings. The summed E-state index contributed by atoms with van der Waals surface area (Å²) in [6, 6.07) is 6.31. The number of anilines is 1. The van der Waals surface area contributed by atoms with Crippen LogP contribution in [0.3, 0.4) is 0 Å². The Hall–Kier alpha value is -4.68. The number of likely N-dealkylation sites (N-methyl/N-ethyl adjacent to an activating group) is 1. The lowest BCUT2D eigenvalue weighted by atomic mass is 9.57. The number of Topliss-reactive ketones (excluding diaryl/α,β-unsaturated/α-hetero) is 2. The number of methoxy groups -OCH3 is 1. The van der Waals surface area contributed by atoms with E-state index in [1.165, 1.54) is 38.2 Å². The first-order valence-corrected chi connectivity index (χ1v) is 12.7. The van der Waals surface area contributed by atoms with Crippen LogP contribution in [-0.2, 0) is 25.5 Å². The fourth-order valence-electron chi connectivity index (χ4n) is 6.56. The quantitative estimate of drug-likeness (QED) is 0.175. The number of phenols is 1. The van der Waals surface area contributed by atoms with E-state index in [2.05, 4.69) is 0 Å². The van der Waals surface area contributed by atoms with Gasteiger partial charge in [-0.25, -0.2) is 4.79 Å². The molecule has 12 nitrogen and oxygen atoms in total. The molecule has 1 amide bonds. The summed E-state index contributed by atoms with van der Waals surface area (Å²) in [5.74, 6) is -7.91. The van der Waals surface area contributed by atoms with Crippen LogP contribution < -0.4 is 11.5 Å². The number of aliphatic hydroxyl groups is 3. The molecule has 0 saturated heterocycles. The first-order valence-electron chi connectivity index (χ1n) is 12.7. The van der Waals surface area contributed by atoms with E-state index >= 15 is 0 Å². The van der Waals surface area contributed by atoms with Crippen molar-refractivity contribution in [1.29, 1.82) is 0 Å². The number of aromatic hydroxyl groups is 1. The highest BCUT2D eigenvalue weighted by molar-refractivity contribution is 6.24. The van der Waals surface area contributed by atoms with Gasteiger partial charge >= 0.3 is 5.97 Å². The zero-order valence-electron chi connectivity index (χ0n) is 22.5. The van der Waals surface area contributed by atoms with Crippen molar-refractivity contribution in [1.82, 2.24) is 4.90 Å². The van der Waals surface area contributed by atoms with Gasteiger partial charge in [-0.15, -0.1) is 0 Å². The second-order valence-corrected chi connectivity index (χ2v) is 10.8. The summed E-state index contributed by atoms with van der Waals surface area (Å²) < 4.78 is 4.81. The average Bonchev–Trinajstić information content (AvgIpc) is 2.89. The predicted octanol–water partition coefficient (Wildman–Crippen LogP) is 1.000. The number of nitrogens with zero attached hydrogens (tertiary/aromatic N) is 1. The molecule has 1 saturated carbocycles. The van der Waals surface area contributed by atoms with Gasteiger partial charge < -0.3 is 36.6 Å². The third-order valence-corrected chi connectivity index (χ3v) is 8.29. The molecule has 2 aromatic rings. The van der Waals surface area contributed by atoms with Gasteiger partial charge in [0.1, 0.15) is 22.8 Å². The third-order valence-electron chi connectivity index (χ3n) is 8.29. The van der Waals surface area contributed by atoms with Crippen molar-refractivity contribution in [2.75, 3.05) is 26.9 Å². The lowest BCUT2D eigenvalue weighted by Crippen LogP contribution is -2.65. The van der Waals surface area contributed by atoms with Gasteiger partial charge in [0.25, 0.3) is 5.91 Å². The largest absolute Gasteiger partial charge is 0.508 e. The maximum absolute atomic E-state index is 14.0. The van der Waals surface area contributed by atoms with Crippen molar-refractivity contribution in [2.45, 2.75) is 24.5 Å². The SMILES string of the molecule is COC(=O)c1cc(N)cc(-c2ccc(O)c3c2C[C@H]2C[C@H]4C(N(C)C)C(=O)C(C(N)=O)=C(O)[C@@]4(O)C(=O)C2=C3O)c1. The highest BCUT2D eigenvalue weighted by Crippen LogP contribution is 2.53. The van der Waals surface area contributed by atoms with E-state index in [1.807, 2.05) is 0 Å². The molecule has 0 heterocycles. The number of amides is 1. The van der Waals surface area contributed by atoms with E-state index in [9.17, 15) is 39.6 Å². The van der Waals surface area contributed by atoms with Crippen LogP contribution in [-0.4, -0.2) is 81.6 Å². The molecule has 12 heteroatoms. The molecule has 8 N–H and O–H groups in total. The summed E-state index contributed by atoms with van der Waals surface area (Å²) >= 11 is 0. The van der Waals surface area contributed by atoms with E-state index in [-0.39, 0.29) is 41.0 Å². The van der Waals surface area contributed by atoms with Gasteiger partial charge in [-0.1, -0.05) is 6.07 Å². The number of ketones is 2. The molecule has 0 aliphatic heterocycles. The second kappa shape index (κ2) is 9.46. The Labute approximate surface area is 234 Å². The standard InChI is InChI=1S/C29H29N3O9/c1-32(2)22-17-10-12-9-16-15(11-6-13(28(39)41-3)8-14(30)7-11)4-5-18(33)20(16)23(34)19(12)25(36)29(17,40)26(37)21(24(22)35)27(31)38/h4-8,12,17,22,33-34,37,40H,9-10,30H2,1-3H3,(H2,31,38)/t12-,17-,22?,29-/m0/s1. The Morgan fingerprint density at radius 1 is 1.10 bits per heavy atom. The highest BCUT2D eigenvalue weighted by Gasteiger charge is 2.64. The fraction of sp³-hybridized carbons (Fsp3) is 0.310. The number of aliphatic hydroxyl groups excluding tert-OH is 2. The van der Waals surface area contributed by atoms with Crippen molar-refractivity contribution >= 4 is 34.9 Å². The Morgan fingerprint density at radius 2 is 1.78 bits per heavy atom. The summed E-state index contributed by atoms with van der Waals surface area (Å²) in [6.45, 7) is 0. The maximum Gasteiger partial charge on any atom is 0.337 e. The number of benzene rings is 2. The summed E-state index contributed by atoms with van der Waals surface area (Å²) in [6.07, 6.45) is 0.0336. The molecule has 4 atom stereocenters. The van der Waals surface area contributed by atoms with E-state index in [4.69, 9.17) is 16.2 Å². The molecule has 3 aliphatic carbocycles. The summed E-state index contributed by atoms with van der Waals surface area (Å²) in [5, 5.41) is 44.9. The van der Waals surface area contributed by atoms with Gasteiger partial charge in [-0.05, 0) is 73.8 Å². The number of phenolic OH excluding ortho intramolecular Hbond substituents is 1. The summed E-state index contributed by atoms with van der Waals surface area (Å²) in [7, 11) is 4.29. The fourth-order valence-corrected chi connectivity index (χ4v) is 6.56. The first kappa shape index (κ1) is 27.9. The number of nitrogen functional groups attached to an aromatic ring is 1. The number of hydrogen-bond acceptors (Lipinski definition) is 11. The van der Waals surface area contributed by atoms with E-state index in [0.29, 0.717) is 16.7 Å². The smallest absolute Gasteiger partial charge is 0.337 e. The van der Waals surface area contributed by atoms with Crippen molar-refractivity contribution in [3.8, 4) is 16.9 Å². The minimum absolute atomic E-state index is 0.0504. The van der Waals surface area contributed by atoms with Crippen LogP contribution in [0.1, 0.15) is 27.9 Å². The Bertz CT molecular complexity index is 1620. The van der Waals surface area contributed by atoms with Gasteiger partial charge in [-0.3, -0.25) is 19.3 Å².